The van der Waals surface area contributed by atoms with Crippen molar-refractivity contribution in [2.75, 3.05) is 16.8 Å². The number of nitrogens with two attached hydrogens (primary N) is 1. The summed E-state index contributed by atoms with van der Waals surface area (Å²) in [6.07, 6.45) is 4.64. The first-order valence-corrected chi connectivity index (χ1v) is 8.96. The number of benzene rings is 1. The molecule has 1 aromatic carbocycles. The molecule has 2 aliphatic rings. The minimum absolute atomic E-state index is 0. The molecular formula is C19H28ClN3O2. The number of carbonyl (C=O) groups is 2. The molecule has 3 rings (SSSR count). The lowest BCUT2D eigenvalue weighted by Gasteiger charge is -2.30. The first kappa shape index (κ1) is 19.7. The summed E-state index contributed by atoms with van der Waals surface area (Å²) in [5.41, 5.74) is 8.80. The molecule has 25 heavy (non-hydrogen) atoms. The highest BCUT2D eigenvalue weighted by atomic mass is 35.5. The van der Waals surface area contributed by atoms with Crippen molar-refractivity contribution in [3.05, 3.63) is 23.8 Å². The van der Waals surface area contributed by atoms with Gasteiger partial charge < -0.3 is 16.0 Å². The number of halogens is 1. The van der Waals surface area contributed by atoms with Crippen LogP contribution in [0.25, 0.3) is 0 Å². The maximum Gasteiger partial charge on any atom is 0.241 e. The molecule has 1 saturated carbocycles. The first-order chi connectivity index (χ1) is 11.5. The average molecular weight is 366 g/mol. The van der Waals surface area contributed by atoms with Gasteiger partial charge in [-0.05, 0) is 55.7 Å². The van der Waals surface area contributed by atoms with Crippen LogP contribution < -0.4 is 16.0 Å². The SMILES string of the molecule is CC(C)C[C@@H](N)C(=O)Nc1ccc2c(c1)N(C(=O)C1CC1)CCC2.Cl. The fourth-order valence-electron chi connectivity index (χ4n) is 3.28. The monoisotopic (exact) mass is 365 g/mol. The lowest BCUT2D eigenvalue weighted by atomic mass is 10.00. The Kier molecular flexibility index (Phi) is 6.47. The zero-order chi connectivity index (χ0) is 17.3. The van der Waals surface area contributed by atoms with Crippen LogP contribution in [0.3, 0.4) is 0 Å². The third-order valence-corrected chi connectivity index (χ3v) is 4.73. The Morgan fingerprint density at radius 2 is 2.04 bits per heavy atom. The van der Waals surface area contributed by atoms with E-state index in [0.717, 1.165) is 37.9 Å². The molecule has 1 heterocycles. The third-order valence-electron chi connectivity index (χ3n) is 4.73. The van der Waals surface area contributed by atoms with Crippen molar-refractivity contribution in [3.8, 4) is 0 Å². The normalized spacial score (nSPS) is 17.5. The van der Waals surface area contributed by atoms with E-state index in [9.17, 15) is 9.59 Å². The predicted molar refractivity (Wildman–Crippen MR) is 103 cm³/mol. The molecule has 1 aliphatic carbocycles. The number of anilines is 2. The quantitative estimate of drug-likeness (QED) is 0.841. The summed E-state index contributed by atoms with van der Waals surface area (Å²) in [5, 5.41) is 2.90. The molecule has 0 saturated heterocycles. The highest BCUT2D eigenvalue weighted by Crippen LogP contribution is 2.36. The van der Waals surface area contributed by atoms with Crippen molar-refractivity contribution in [1.29, 1.82) is 0 Å². The molecule has 1 aromatic rings. The van der Waals surface area contributed by atoms with Gasteiger partial charge in [0.1, 0.15) is 0 Å². The van der Waals surface area contributed by atoms with Crippen LogP contribution >= 0.6 is 12.4 Å². The van der Waals surface area contributed by atoms with Crippen molar-refractivity contribution in [3.63, 3.8) is 0 Å². The second-order valence-electron chi connectivity index (χ2n) is 7.44. The summed E-state index contributed by atoms with van der Waals surface area (Å²) < 4.78 is 0. The minimum atomic E-state index is -0.509. The number of rotatable bonds is 5. The van der Waals surface area contributed by atoms with Crippen LogP contribution in [0.2, 0.25) is 0 Å². The van der Waals surface area contributed by atoms with Crippen molar-refractivity contribution >= 4 is 35.6 Å². The number of fused-ring (bicyclic) bond motifs is 1. The van der Waals surface area contributed by atoms with E-state index >= 15 is 0 Å². The Hall–Kier alpha value is -1.59. The van der Waals surface area contributed by atoms with Gasteiger partial charge in [0.25, 0.3) is 0 Å². The van der Waals surface area contributed by atoms with Gasteiger partial charge >= 0.3 is 0 Å². The number of nitrogens with zero attached hydrogens (tertiary/aromatic N) is 1. The number of carbonyl (C=O) groups excluding carboxylic acids is 2. The van der Waals surface area contributed by atoms with Gasteiger partial charge in [0.05, 0.1) is 6.04 Å². The average Bonchev–Trinajstić information content (AvgIpc) is 3.37. The molecule has 5 nitrogen and oxygen atoms in total. The molecule has 0 unspecified atom stereocenters. The van der Waals surface area contributed by atoms with Crippen LogP contribution in [0.4, 0.5) is 11.4 Å². The maximum atomic E-state index is 12.5. The zero-order valence-electron chi connectivity index (χ0n) is 15.0. The summed E-state index contributed by atoms with van der Waals surface area (Å²) in [5.74, 6) is 0.644. The molecule has 6 heteroatoms. The molecule has 1 atom stereocenters. The zero-order valence-corrected chi connectivity index (χ0v) is 15.8. The van der Waals surface area contributed by atoms with Crippen LogP contribution in [0.5, 0.6) is 0 Å². The summed E-state index contributed by atoms with van der Waals surface area (Å²) in [4.78, 5) is 26.6. The van der Waals surface area contributed by atoms with Crippen molar-refractivity contribution in [1.82, 2.24) is 0 Å². The van der Waals surface area contributed by atoms with Crippen LogP contribution in [-0.2, 0) is 16.0 Å². The van der Waals surface area contributed by atoms with Gasteiger partial charge in [0, 0.05) is 23.8 Å². The number of hydrogen-bond acceptors (Lipinski definition) is 3. The highest BCUT2D eigenvalue weighted by Gasteiger charge is 2.35. The molecule has 0 spiro atoms. The van der Waals surface area contributed by atoms with E-state index in [0.29, 0.717) is 18.0 Å². The van der Waals surface area contributed by atoms with Crippen LogP contribution in [0.1, 0.15) is 45.1 Å². The van der Waals surface area contributed by atoms with E-state index in [4.69, 9.17) is 5.73 Å². The van der Waals surface area contributed by atoms with Crippen LogP contribution in [0, 0.1) is 11.8 Å². The molecule has 1 aliphatic heterocycles. The van der Waals surface area contributed by atoms with Gasteiger partial charge in [-0.25, -0.2) is 0 Å². The molecule has 1 fully saturated rings. The predicted octanol–water partition coefficient (Wildman–Crippen LogP) is 3.11. The number of hydrogen-bond donors (Lipinski definition) is 2. The maximum absolute atomic E-state index is 12.5. The highest BCUT2D eigenvalue weighted by molar-refractivity contribution is 5.99. The topological polar surface area (TPSA) is 75.4 Å². The van der Waals surface area contributed by atoms with Gasteiger partial charge in [-0.15, -0.1) is 12.4 Å². The van der Waals surface area contributed by atoms with Crippen molar-refractivity contribution in [2.45, 2.75) is 52.0 Å². The fraction of sp³-hybridized carbons (Fsp3) is 0.579. The van der Waals surface area contributed by atoms with E-state index in [1.807, 2.05) is 36.9 Å². The van der Waals surface area contributed by atoms with Crippen molar-refractivity contribution in [2.24, 2.45) is 17.6 Å². The Balaban J connectivity index is 0.00000225. The molecule has 0 aromatic heterocycles. The van der Waals surface area contributed by atoms with Gasteiger partial charge in [-0.3, -0.25) is 9.59 Å². The van der Waals surface area contributed by atoms with Gasteiger partial charge in [0.2, 0.25) is 11.8 Å². The first-order valence-electron chi connectivity index (χ1n) is 8.96. The third kappa shape index (κ3) is 4.73. The van der Waals surface area contributed by atoms with E-state index in [-0.39, 0.29) is 30.1 Å². The molecule has 3 N–H and O–H groups in total. The Bertz CT molecular complexity index is 644. The molecule has 0 radical (unpaired) electrons. The summed E-state index contributed by atoms with van der Waals surface area (Å²) in [7, 11) is 0. The standard InChI is InChI=1S/C19H27N3O2.ClH/c1-12(2)10-16(20)18(23)21-15-8-7-13-4-3-9-22(17(13)11-15)19(24)14-5-6-14;/h7-8,11-12,14,16H,3-6,9-10,20H2,1-2H3,(H,21,23);1H/t16-;/m1./s1. The number of aryl methyl sites for hydroxylation is 1. The minimum Gasteiger partial charge on any atom is -0.325 e. The lowest BCUT2D eigenvalue weighted by Crippen LogP contribution is -2.37. The Morgan fingerprint density at radius 3 is 2.68 bits per heavy atom. The fourth-order valence-corrected chi connectivity index (χ4v) is 3.28. The van der Waals surface area contributed by atoms with E-state index < -0.39 is 6.04 Å². The van der Waals surface area contributed by atoms with Crippen LogP contribution in [0.15, 0.2) is 18.2 Å². The molecular weight excluding hydrogens is 338 g/mol. The van der Waals surface area contributed by atoms with Crippen LogP contribution in [-0.4, -0.2) is 24.4 Å². The van der Waals surface area contributed by atoms with E-state index in [1.165, 1.54) is 5.56 Å². The second-order valence-corrected chi connectivity index (χ2v) is 7.44. The number of amides is 2. The lowest BCUT2D eigenvalue weighted by molar-refractivity contribution is -0.120. The largest absolute Gasteiger partial charge is 0.325 e. The van der Waals surface area contributed by atoms with Gasteiger partial charge in [0.15, 0.2) is 0 Å². The van der Waals surface area contributed by atoms with E-state index in [2.05, 4.69) is 5.32 Å². The summed E-state index contributed by atoms with van der Waals surface area (Å²) in [6.45, 7) is 4.87. The van der Waals surface area contributed by atoms with Gasteiger partial charge in [-0.1, -0.05) is 19.9 Å². The molecule has 0 bridgehead atoms. The smallest absolute Gasteiger partial charge is 0.241 e. The van der Waals surface area contributed by atoms with Crippen molar-refractivity contribution < 1.29 is 9.59 Å². The molecule has 138 valence electrons. The summed E-state index contributed by atoms with van der Waals surface area (Å²) >= 11 is 0. The Morgan fingerprint density at radius 1 is 1.32 bits per heavy atom. The van der Waals surface area contributed by atoms with E-state index in [1.54, 1.807) is 0 Å². The number of nitrogens with one attached hydrogen (secondary N) is 1. The Labute approximate surface area is 155 Å². The second kappa shape index (κ2) is 8.19. The molecule has 2 amide bonds. The van der Waals surface area contributed by atoms with Gasteiger partial charge in [-0.2, -0.15) is 0 Å². The summed E-state index contributed by atoms with van der Waals surface area (Å²) in [6, 6.07) is 5.34.